The maximum atomic E-state index is 13.7. The predicted molar refractivity (Wildman–Crippen MR) is 87.3 cm³/mol. The van der Waals surface area contributed by atoms with Gasteiger partial charge in [0.15, 0.2) is 0 Å². The van der Waals surface area contributed by atoms with E-state index in [1.54, 1.807) is 30.3 Å². The Kier molecular flexibility index (Phi) is 4.31. The highest BCUT2D eigenvalue weighted by Gasteiger charge is 2.23. The summed E-state index contributed by atoms with van der Waals surface area (Å²) in [5.74, 6) is -0.408. The highest BCUT2D eigenvalue weighted by atomic mass is 32.2. The molecule has 0 N–H and O–H groups in total. The first-order valence-corrected chi connectivity index (χ1v) is 8.65. The van der Waals surface area contributed by atoms with Crippen LogP contribution in [0.4, 0.5) is 4.39 Å². The van der Waals surface area contributed by atoms with Crippen LogP contribution in [0, 0.1) is 12.7 Å². The molecule has 6 heteroatoms. The van der Waals surface area contributed by atoms with Crippen molar-refractivity contribution in [3.05, 3.63) is 78.2 Å². The number of hydrogen-bond donors (Lipinski definition) is 0. The maximum absolute atomic E-state index is 13.7. The first kappa shape index (κ1) is 16.1. The Hall–Kier alpha value is -2.73. The van der Waals surface area contributed by atoms with Gasteiger partial charge in [-0.25, -0.2) is 17.8 Å². The molecule has 1 heterocycles. The van der Waals surface area contributed by atoms with Crippen molar-refractivity contribution in [2.24, 2.45) is 0 Å². The van der Waals surface area contributed by atoms with Crippen molar-refractivity contribution in [2.75, 3.05) is 0 Å². The smallest absolute Gasteiger partial charge is 0.219 e. The lowest BCUT2D eigenvalue weighted by molar-refractivity contribution is 0.446. The quantitative estimate of drug-likeness (QED) is 0.714. The fraction of sp³-hybridized carbons (Fsp3) is 0.0556. The summed E-state index contributed by atoms with van der Waals surface area (Å²) in [5.41, 5.74) is 0.929. The zero-order valence-electron chi connectivity index (χ0n) is 12.8. The third kappa shape index (κ3) is 3.28. The molecule has 2 aromatic carbocycles. The molecule has 24 heavy (non-hydrogen) atoms. The summed E-state index contributed by atoms with van der Waals surface area (Å²) in [6.45, 7) is 1.86. The number of halogens is 1. The number of pyridine rings is 1. The van der Waals surface area contributed by atoms with E-state index in [0.717, 1.165) is 17.7 Å². The van der Waals surface area contributed by atoms with Gasteiger partial charge < -0.3 is 4.74 Å². The third-order valence-electron chi connectivity index (χ3n) is 3.38. The van der Waals surface area contributed by atoms with Crippen molar-refractivity contribution in [3.8, 4) is 11.6 Å². The minimum atomic E-state index is -3.92. The Morgan fingerprint density at radius 3 is 2.42 bits per heavy atom. The summed E-state index contributed by atoms with van der Waals surface area (Å²) in [5, 5.41) is 0. The molecule has 0 amide bonds. The second-order valence-electron chi connectivity index (χ2n) is 5.18. The van der Waals surface area contributed by atoms with Crippen LogP contribution in [0.5, 0.6) is 11.6 Å². The van der Waals surface area contributed by atoms with Crippen LogP contribution in [0.15, 0.2) is 76.7 Å². The van der Waals surface area contributed by atoms with Crippen LogP contribution >= 0.6 is 0 Å². The summed E-state index contributed by atoms with van der Waals surface area (Å²) >= 11 is 0. The van der Waals surface area contributed by atoms with Crippen LogP contribution in [0.3, 0.4) is 0 Å². The second-order valence-corrected chi connectivity index (χ2v) is 7.10. The SMILES string of the molecule is Cc1ccc(S(=O)(=O)c2cc(F)ccc2Oc2ccccn2)cc1. The standard InChI is InChI=1S/C18H14FNO3S/c1-13-5-8-15(9-6-13)24(21,22)17-12-14(19)7-10-16(17)23-18-4-2-3-11-20-18/h2-12H,1H3. The molecule has 0 spiro atoms. The largest absolute Gasteiger partial charge is 0.438 e. The molecule has 0 aliphatic rings. The lowest BCUT2D eigenvalue weighted by Crippen LogP contribution is -2.05. The average Bonchev–Trinajstić information content (AvgIpc) is 2.58. The minimum absolute atomic E-state index is 0.0238. The normalized spacial score (nSPS) is 11.2. The Bertz CT molecular complexity index is 955. The zero-order valence-corrected chi connectivity index (χ0v) is 13.6. The summed E-state index contributed by atoms with van der Waals surface area (Å²) in [6.07, 6.45) is 1.52. The summed E-state index contributed by atoms with van der Waals surface area (Å²) < 4.78 is 44.9. The Labute approximate surface area is 139 Å². The van der Waals surface area contributed by atoms with Gasteiger partial charge in [0.25, 0.3) is 0 Å². The lowest BCUT2D eigenvalue weighted by atomic mass is 10.2. The molecule has 0 unspecified atom stereocenters. The van der Waals surface area contributed by atoms with E-state index >= 15 is 0 Å². The van der Waals surface area contributed by atoms with E-state index in [0.29, 0.717) is 0 Å². The number of aromatic nitrogens is 1. The van der Waals surface area contributed by atoms with Crippen LogP contribution in [0.25, 0.3) is 0 Å². The van der Waals surface area contributed by atoms with Crippen LogP contribution in [-0.2, 0) is 9.84 Å². The molecule has 122 valence electrons. The van der Waals surface area contributed by atoms with Gasteiger partial charge in [-0.1, -0.05) is 23.8 Å². The first-order chi connectivity index (χ1) is 11.5. The monoisotopic (exact) mass is 343 g/mol. The third-order valence-corrected chi connectivity index (χ3v) is 5.17. The minimum Gasteiger partial charge on any atom is -0.438 e. The van der Waals surface area contributed by atoms with E-state index in [1.807, 2.05) is 6.92 Å². The van der Waals surface area contributed by atoms with E-state index in [1.165, 1.54) is 24.4 Å². The fourth-order valence-electron chi connectivity index (χ4n) is 2.14. The van der Waals surface area contributed by atoms with Crippen molar-refractivity contribution in [1.29, 1.82) is 0 Å². The molecule has 4 nitrogen and oxygen atoms in total. The Balaban J connectivity index is 2.09. The van der Waals surface area contributed by atoms with Gasteiger partial charge >= 0.3 is 0 Å². The topological polar surface area (TPSA) is 56.3 Å². The highest BCUT2D eigenvalue weighted by molar-refractivity contribution is 7.91. The van der Waals surface area contributed by atoms with Gasteiger partial charge in [0.1, 0.15) is 16.5 Å². The summed E-state index contributed by atoms with van der Waals surface area (Å²) in [4.78, 5) is 3.83. The second kappa shape index (κ2) is 6.41. The summed E-state index contributed by atoms with van der Waals surface area (Å²) in [7, 11) is -3.92. The van der Waals surface area contributed by atoms with Gasteiger partial charge in [0.05, 0.1) is 4.90 Å². The molecule has 0 bridgehead atoms. The van der Waals surface area contributed by atoms with Crippen molar-refractivity contribution in [2.45, 2.75) is 16.7 Å². The van der Waals surface area contributed by atoms with E-state index in [4.69, 9.17) is 4.74 Å². The number of benzene rings is 2. The van der Waals surface area contributed by atoms with E-state index < -0.39 is 15.7 Å². The van der Waals surface area contributed by atoms with E-state index in [9.17, 15) is 12.8 Å². The number of rotatable bonds is 4. The number of sulfone groups is 1. The number of aryl methyl sites for hydroxylation is 1. The predicted octanol–water partition coefficient (Wildman–Crippen LogP) is 4.15. The molecule has 0 fully saturated rings. The van der Waals surface area contributed by atoms with Crippen LogP contribution < -0.4 is 4.74 Å². The van der Waals surface area contributed by atoms with E-state index in [-0.39, 0.29) is 21.4 Å². The van der Waals surface area contributed by atoms with Gasteiger partial charge in [-0.15, -0.1) is 0 Å². The summed E-state index contributed by atoms with van der Waals surface area (Å²) in [6, 6.07) is 14.7. The molecule has 3 rings (SSSR count). The fourth-order valence-corrected chi connectivity index (χ4v) is 3.53. The zero-order chi connectivity index (χ0) is 17.2. The van der Waals surface area contributed by atoms with E-state index in [2.05, 4.69) is 4.98 Å². The Morgan fingerprint density at radius 1 is 1.00 bits per heavy atom. The molecule has 0 aliphatic heterocycles. The van der Waals surface area contributed by atoms with Crippen molar-refractivity contribution < 1.29 is 17.5 Å². The molecule has 0 atom stereocenters. The maximum Gasteiger partial charge on any atom is 0.219 e. The van der Waals surface area contributed by atoms with Crippen LogP contribution in [-0.4, -0.2) is 13.4 Å². The number of hydrogen-bond acceptors (Lipinski definition) is 4. The molecule has 0 saturated carbocycles. The Morgan fingerprint density at radius 2 is 1.75 bits per heavy atom. The van der Waals surface area contributed by atoms with Crippen molar-refractivity contribution in [3.63, 3.8) is 0 Å². The molecular formula is C18H14FNO3S. The molecule has 3 aromatic rings. The average molecular weight is 343 g/mol. The van der Waals surface area contributed by atoms with Gasteiger partial charge in [-0.3, -0.25) is 0 Å². The molecule has 1 aromatic heterocycles. The van der Waals surface area contributed by atoms with Crippen LogP contribution in [0.2, 0.25) is 0 Å². The lowest BCUT2D eigenvalue weighted by Gasteiger charge is -2.11. The highest BCUT2D eigenvalue weighted by Crippen LogP contribution is 2.32. The molecule has 0 aliphatic carbocycles. The van der Waals surface area contributed by atoms with Gasteiger partial charge in [0.2, 0.25) is 15.7 Å². The number of nitrogens with zero attached hydrogens (tertiary/aromatic N) is 1. The molecular weight excluding hydrogens is 329 g/mol. The molecule has 0 saturated heterocycles. The van der Waals surface area contributed by atoms with Gasteiger partial charge in [0, 0.05) is 12.3 Å². The van der Waals surface area contributed by atoms with Gasteiger partial charge in [-0.2, -0.15) is 0 Å². The van der Waals surface area contributed by atoms with Crippen molar-refractivity contribution in [1.82, 2.24) is 4.98 Å². The van der Waals surface area contributed by atoms with Crippen molar-refractivity contribution >= 4 is 9.84 Å². The van der Waals surface area contributed by atoms with Gasteiger partial charge in [-0.05, 0) is 43.3 Å². The van der Waals surface area contributed by atoms with Crippen LogP contribution in [0.1, 0.15) is 5.56 Å². The number of ether oxygens (including phenoxy) is 1. The first-order valence-electron chi connectivity index (χ1n) is 7.17. The molecule has 0 radical (unpaired) electrons.